The van der Waals surface area contributed by atoms with E-state index < -0.39 is 0 Å². The molecule has 0 saturated carbocycles. The van der Waals surface area contributed by atoms with Gasteiger partial charge in [-0.05, 0) is 17.5 Å². The second-order valence-corrected chi connectivity index (χ2v) is 10.4. The second-order valence-electron chi connectivity index (χ2n) is 10.4. The molecular weight excluding hydrogens is 643 g/mol. The Balaban J connectivity index is 0.000000362. The Morgan fingerprint density at radius 3 is 1.30 bits per heavy atom. The molecule has 0 fully saturated rings. The van der Waals surface area contributed by atoms with Gasteiger partial charge in [0.05, 0.1) is 0 Å². The fraction of sp³-hybridized carbons (Fsp3) is 0.225. The third-order valence-electron chi connectivity index (χ3n) is 7.49. The number of unbranched alkanes of at least 4 members (excludes halogenated alkanes) is 6. The van der Waals surface area contributed by atoms with Gasteiger partial charge in [-0.1, -0.05) is 111 Å². The summed E-state index contributed by atoms with van der Waals surface area (Å²) >= 11 is 0. The van der Waals surface area contributed by atoms with Crippen LogP contribution in [-0.2, 0) is 26.2 Å². The average molecular weight is 686 g/mol. The van der Waals surface area contributed by atoms with Crippen molar-refractivity contribution in [2.24, 2.45) is 0 Å². The van der Waals surface area contributed by atoms with Crippen molar-refractivity contribution in [3.63, 3.8) is 0 Å². The summed E-state index contributed by atoms with van der Waals surface area (Å²) in [4.78, 5) is 0. The van der Waals surface area contributed by atoms with Crippen LogP contribution in [0.15, 0.2) is 146 Å². The van der Waals surface area contributed by atoms with Crippen LogP contribution in [0.5, 0.6) is 0 Å². The monoisotopic (exact) mass is 683 g/mol. The Labute approximate surface area is 291 Å². The first kappa shape index (κ1) is 38.6. The topological polar surface area (TPSA) is 0 Å². The van der Waals surface area contributed by atoms with Crippen LogP contribution in [0.3, 0.4) is 0 Å². The van der Waals surface area contributed by atoms with Crippen molar-refractivity contribution in [3.8, 4) is 0 Å². The molecule has 0 spiro atoms. The van der Waals surface area contributed by atoms with Gasteiger partial charge < -0.3 is 31.7 Å². The van der Waals surface area contributed by atoms with Gasteiger partial charge in [0.15, 0.2) is 0 Å². The molecule has 0 amide bonds. The maximum atomic E-state index is 3.91. The van der Waals surface area contributed by atoms with E-state index in [9.17, 15) is 0 Å². The van der Waals surface area contributed by atoms with Gasteiger partial charge in [0.25, 0.3) is 0 Å². The molecule has 0 unspecified atom stereocenters. The molecule has 43 heavy (non-hydrogen) atoms. The van der Waals surface area contributed by atoms with E-state index in [2.05, 4.69) is 153 Å². The van der Waals surface area contributed by atoms with Crippen LogP contribution in [0.1, 0.15) is 68.4 Å². The average Bonchev–Trinajstić information content (AvgIpc) is 3.70. The normalized spacial score (nSPS) is 9.91. The van der Waals surface area contributed by atoms with E-state index in [4.69, 9.17) is 0 Å². The van der Waals surface area contributed by atoms with Gasteiger partial charge in [-0.15, -0.1) is 59.3 Å². The maximum Gasteiger partial charge on any atom is 2.00 e. The summed E-state index contributed by atoms with van der Waals surface area (Å²) in [5.41, 5.74) is 2.90. The van der Waals surface area contributed by atoms with Crippen LogP contribution in [0, 0.1) is 6.92 Å². The Morgan fingerprint density at radius 1 is 0.465 bits per heavy atom. The number of halogens is 2. The summed E-state index contributed by atoms with van der Waals surface area (Å²) in [7, 11) is 0. The molecule has 0 heterocycles. The van der Waals surface area contributed by atoms with E-state index in [1.54, 1.807) is 0 Å². The minimum absolute atomic E-state index is 0. The first-order valence-corrected chi connectivity index (χ1v) is 14.9. The van der Waals surface area contributed by atoms with Crippen molar-refractivity contribution in [1.29, 1.82) is 0 Å². The van der Waals surface area contributed by atoms with E-state index in [1.165, 1.54) is 77.6 Å². The fourth-order valence-electron chi connectivity index (χ4n) is 5.27. The number of fused-ring (bicyclic) bond motifs is 2. The zero-order valence-electron chi connectivity index (χ0n) is 25.1. The molecule has 0 aliphatic rings. The predicted molar refractivity (Wildman–Crippen MR) is 176 cm³/mol. The van der Waals surface area contributed by atoms with E-state index in [1.807, 2.05) is 0 Å². The van der Waals surface area contributed by atoms with Crippen molar-refractivity contribution >= 4 is 21.5 Å². The first-order chi connectivity index (χ1) is 19.8. The third-order valence-corrected chi connectivity index (χ3v) is 7.49. The van der Waals surface area contributed by atoms with Gasteiger partial charge in [0, 0.05) is 5.92 Å². The van der Waals surface area contributed by atoms with Crippen molar-refractivity contribution < 1.29 is 51.0 Å². The number of hydrogen-bond acceptors (Lipinski definition) is 0. The van der Waals surface area contributed by atoms with Gasteiger partial charge >= 0.3 is 26.2 Å². The number of benzene rings is 4. The largest absolute Gasteiger partial charge is 2.00 e. The molecule has 0 atom stereocenters. The van der Waals surface area contributed by atoms with Gasteiger partial charge in [-0.25, -0.2) is 0 Å². The Morgan fingerprint density at radius 2 is 0.860 bits per heavy atom. The quantitative estimate of drug-likeness (QED) is 0.125. The van der Waals surface area contributed by atoms with Gasteiger partial charge in [0.1, 0.15) is 0 Å². The molecule has 0 nitrogen and oxygen atoms in total. The van der Waals surface area contributed by atoms with E-state index in [-0.39, 0.29) is 51.0 Å². The van der Waals surface area contributed by atoms with Crippen LogP contribution < -0.4 is 24.8 Å². The van der Waals surface area contributed by atoms with Crippen molar-refractivity contribution in [3.05, 3.63) is 164 Å². The standard InChI is InChI=1S/C22H29.2C9H7.2ClH.Zr/c1-2-3-4-5-6-7-14-19-22(20-15-10-8-11-16-20)21-17-12-9-13-18-21;2*1-2-5-9-7-3-6-8(9)4-1;;;/h8-13,15-18,22H,1-7,14,19H2;2*1-7H;2*1H;/q3*-1;;;+2/p-2. The Kier molecular flexibility index (Phi) is 20.7. The molecular formula is C40H43Cl2Zr-3. The zero-order chi connectivity index (χ0) is 27.7. The second kappa shape index (κ2) is 23.0. The van der Waals surface area contributed by atoms with Crippen LogP contribution in [0.25, 0.3) is 21.5 Å². The first-order valence-electron chi connectivity index (χ1n) is 14.9. The molecule has 6 aromatic rings. The summed E-state index contributed by atoms with van der Waals surface area (Å²) in [6, 6.07) is 51.3. The van der Waals surface area contributed by atoms with Crippen LogP contribution in [0.4, 0.5) is 0 Å². The molecule has 224 valence electrons. The molecule has 0 aliphatic heterocycles. The molecule has 0 aromatic heterocycles. The minimum atomic E-state index is 0. The number of hydrogen-bond donors (Lipinski definition) is 0. The van der Waals surface area contributed by atoms with Crippen molar-refractivity contribution in [1.82, 2.24) is 0 Å². The summed E-state index contributed by atoms with van der Waals surface area (Å²) in [6.07, 6.45) is 10.4. The van der Waals surface area contributed by atoms with Gasteiger partial charge in [0.2, 0.25) is 0 Å². The molecule has 0 N–H and O–H groups in total. The van der Waals surface area contributed by atoms with E-state index in [0.717, 1.165) is 6.42 Å². The molecule has 6 aromatic carbocycles. The molecule has 0 radical (unpaired) electrons. The van der Waals surface area contributed by atoms with Gasteiger partial charge in [-0.3, -0.25) is 0 Å². The van der Waals surface area contributed by atoms with Crippen molar-refractivity contribution in [2.75, 3.05) is 0 Å². The maximum absolute atomic E-state index is 3.91. The fourth-order valence-corrected chi connectivity index (χ4v) is 5.27. The predicted octanol–water partition coefficient (Wildman–Crippen LogP) is 5.90. The van der Waals surface area contributed by atoms with Gasteiger partial charge in [-0.2, -0.15) is 41.5 Å². The van der Waals surface area contributed by atoms with Crippen molar-refractivity contribution in [2.45, 2.75) is 57.3 Å². The minimum Gasteiger partial charge on any atom is -1.00 e. The van der Waals surface area contributed by atoms with E-state index >= 15 is 0 Å². The van der Waals surface area contributed by atoms with Crippen LogP contribution >= 0.6 is 0 Å². The summed E-state index contributed by atoms with van der Waals surface area (Å²) in [5, 5.41) is 5.32. The molecule has 0 bridgehead atoms. The zero-order valence-corrected chi connectivity index (χ0v) is 29.0. The third kappa shape index (κ3) is 13.4. The van der Waals surface area contributed by atoms with Crippen LogP contribution in [-0.4, -0.2) is 0 Å². The smallest absolute Gasteiger partial charge is 1.00 e. The molecule has 6 rings (SSSR count). The summed E-state index contributed by atoms with van der Waals surface area (Å²) < 4.78 is 0. The Bertz CT molecular complexity index is 1300. The Hall–Kier alpha value is -2.44. The summed E-state index contributed by atoms with van der Waals surface area (Å²) in [6.45, 7) is 3.91. The SMILES string of the molecule is [CH2-]CCCCCCCCC(c1ccccc1)c1ccccc1.[Cl-].[Cl-].[Zr+2].c1ccc2[cH-]ccc2c1.c1ccc2[cH-]ccc2c1. The molecule has 3 heteroatoms. The van der Waals surface area contributed by atoms with E-state index in [0.29, 0.717) is 5.92 Å². The summed E-state index contributed by atoms with van der Waals surface area (Å²) in [5.74, 6) is 0.544. The number of rotatable bonds is 10. The molecule has 0 saturated heterocycles. The van der Waals surface area contributed by atoms with Crippen LogP contribution in [0.2, 0.25) is 0 Å². The molecule has 0 aliphatic carbocycles.